The van der Waals surface area contributed by atoms with E-state index in [0.717, 1.165) is 15.4 Å². The maximum absolute atomic E-state index is 12.4. The summed E-state index contributed by atoms with van der Waals surface area (Å²) in [6, 6.07) is 11.4. The number of benzene rings is 2. The monoisotopic (exact) mass is 400 g/mol. The van der Waals surface area contributed by atoms with E-state index in [-0.39, 0.29) is 30.7 Å². The molecule has 144 valence electrons. The van der Waals surface area contributed by atoms with Crippen molar-refractivity contribution in [2.24, 2.45) is 0 Å². The first kappa shape index (κ1) is 19.6. The zero-order chi connectivity index (χ0) is 20.3. The number of nitro groups is 1. The Hall–Kier alpha value is -3.20. The topological polar surface area (TPSA) is 107 Å². The molecule has 8 nitrogen and oxygen atoms in total. The van der Waals surface area contributed by atoms with Crippen molar-refractivity contribution in [2.45, 2.75) is 17.9 Å². The molecule has 0 bridgehead atoms. The van der Waals surface area contributed by atoms with Gasteiger partial charge in [-0.2, -0.15) is 0 Å². The number of hydrogen-bond donors (Lipinski definition) is 0. The number of nitrogens with zero attached hydrogens (tertiary/aromatic N) is 2. The van der Waals surface area contributed by atoms with E-state index in [1.54, 1.807) is 11.8 Å². The Morgan fingerprint density at radius 1 is 1.14 bits per heavy atom. The summed E-state index contributed by atoms with van der Waals surface area (Å²) in [5.41, 5.74) is 0.137. The van der Waals surface area contributed by atoms with Gasteiger partial charge in [-0.05, 0) is 30.0 Å². The summed E-state index contributed by atoms with van der Waals surface area (Å²) < 4.78 is 5.17. The Morgan fingerprint density at radius 3 is 2.50 bits per heavy atom. The van der Waals surface area contributed by atoms with Crippen LogP contribution in [0.4, 0.5) is 5.69 Å². The van der Waals surface area contributed by atoms with Gasteiger partial charge in [0.1, 0.15) is 12.2 Å². The lowest BCUT2D eigenvalue weighted by Gasteiger charge is -2.13. The number of esters is 1. The molecule has 0 saturated heterocycles. The van der Waals surface area contributed by atoms with Crippen LogP contribution in [-0.4, -0.2) is 40.4 Å². The maximum atomic E-state index is 12.4. The minimum Gasteiger partial charge on any atom is -0.461 e. The number of hydrogen-bond acceptors (Lipinski definition) is 7. The van der Waals surface area contributed by atoms with Gasteiger partial charge in [0.2, 0.25) is 0 Å². The molecule has 0 unspecified atom stereocenters. The molecule has 9 heteroatoms. The van der Waals surface area contributed by atoms with Crippen LogP contribution in [0.5, 0.6) is 0 Å². The van der Waals surface area contributed by atoms with Crippen LogP contribution in [0.15, 0.2) is 47.4 Å². The third-order valence-electron chi connectivity index (χ3n) is 4.27. The van der Waals surface area contributed by atoms with Crippen molar-refractivity contribution in [3.8, 4) is 0 Å². The lowest BCUT2D eigenvalue weighted by molar-refractivity contribution is -0.385. The van der Waals surface area contributed by atoms with Crippen molar-refractivity contribution in [3.63, 3.8) is 0 Å². The van der Waals surface area contributed by atoms with E-state index in [1.165, 1.54) is 18.2 Å². The van der Waals surface area contributed by atoms with Crippen molar-refractivity contribution in [1.29, 1.82) is 0 Å². The van der Waals surface area contributed by atoms with Crippen LogP contribution in [0.3, 0.4) is 0 Å². The highest BCUT2D eigenvalue weighted by atomic mass is 32.2. The van der Waals surface area contributed by atoms with Gasteiger partial charge in [0.15, 0.2) is 0 Å². The number of nitro benzene ring substituents is 1. The van der Waals surface area contributed by atoms with Crippen molar-refractivity contribution in [3.05, 3.63) is 69.3 Å². The standard InChI is InChI=1S/C19H16N2O6S/c1-28-13-7-5-12(6-8-13)11-27-16(22)9-10-20-18(23)14-3-2-4-15(21(25)26)17(14)19(20)24/h2-8H,9-11H2,1H3. The second-order valence-electron chi connectivity index (χ2n) is 5.98. The van der Waals surface area contributed by atoms with Gasteiger partial charge < -0.3 is 4.74 Å². The van der Waals surface area contributed by atoms with Gasteiger partial charge in [0, 0.05) is 17.5 Å². The molecule has 3 rings (SSSR count). The number of ether oxygens (including phenoxy) is 1. The van der Waals surface area contributed by atoms with Gasteiger partial charge in [-0.3, -0.25) is 29.4 Å². The van der Waals surface area contributed by atoms with Gasteiger partial charge in [-0.1, -0.05) is 18.2 Å². The fourth-order valence-corrected chi connectivity index (χ4v) is 3.24. The summed E-state index contributed by atoms with van der Waals surface area (Å²) in [5, 5.41) is 11.1. The molecule has 0 aromatic heterocycles. The number of amides is 2. The molecule has 0 saturated carbocycles. The largest absolute Gasteiger partial charge is 0.461 e. The minimum atomic E-state index is -0.771. The molecular weight excluding hydrogens is 384 g/mol. The molecule has 0 fully saturated rings. The smallest absolute Gasteiger partial charge is 0.307 e. The van der Waals surface area contributed by atoms with E-state index >= 15 is 0 Å². The van der Waals surface area contributed by atoms with Crippen LogP contribution >= 0.6 is 11.8 Å². The zero-order valence-electron chi connectivity index (χ0n) is 14.9. The number of imide groups is 1. The third kappa shape index (κ3) is 3.89. The highest BCUT2D eigenvalue weighted by Crippen LogP contribution is 2.30. The minimum absolute atomic E-state index is 0.0264. The van der Waals surface area contributed by atoms with E-state index in [1.807, 2.05) is 30.5 Å². The first-order valence-corrected chi connectivity index (χ1v) is 9.57. The van der Waals surface area contributed by atoms with Crippen LogP contribution in [0.1, 0.15) is 32.7 Å². The third-order valence-corrected chi connectivity index (χ3v) is 5.02. The Kier molecular flexibility index (Phi) is 5.74. The van der Waals surface area contributed by atoms with E-state index in [0.29, 0.717) is 0 Å². The number of fused-ring (bicyclic) bond motifs is 1. The first-order chi connectivity index (χ1) is 13.4. The highest BCUT2D eigenvalue weighted by molar-refractivity contribution is 7.98. The molecule has 0 N–H and O–H groups in total. The van der Waals surface area contributed by atoms with Crippen LogP contribution < -0.4 is 0 Å². The van der Waals surface area contributed by atoms with Crippen molar-refractivity contribution < 1.29 is 24.0 Å². The first-order valence-electron chi connectivity index (χ1n) is 8.34. The molecule has 2 aromatic carbocycles. The summed E-state index contributed by atoms with van der Waals surface area (Å²) in [5.74, 6) is -1.99. The molecule has 1 aliphatic heterocycles. The van der Waals surface area contributed by atoms with Crippen molar-refractivity contribution >= 4 is 35.2 Å². The lowest BCUT2D eigenvalue weighted by atomic mass is 10.1. The predicted octanol–water partition coefficient (Wildman–Crippen LogP) is 3.05. The Labute approximate surface area is 164 Å². The summed E-state index contributed by atoms with van der Waals surface area (Å²) in [6.07, 6.45) is 1.77. The summed E-state index contributed by atoms with van der Waals surface area (Å²) in [4.78, 5) is 49.1. The summed E-state index contributed by atoms with van der Waals surface area (Å²) >= 11 is 1.60. The second kappa shape index (κ2) is 8.22. The van der Waals surface area contributed by atoms with Gasteiger partial charge >= 0.3 is 5.97 Å². The van der Waals surface area contributed by atoms with Crippen LogP contribution in [0.2, 0.25) is 0 Å². The fourth-order valence-electron chi connectivity index (χ4n) is 2.83. The Morgan fingerprint density at radius 2 is 1.86 bits per heavy atom. The molecule has 2 aromatic rings. The average molecular weight is 400 g/mol. The zero-order valence-corrected chi connectivity index (χ0v) is 15.7. The molecule has 0 spiro atoms. The molecule has 0 radical (unpaired) electrons. The number of rotatable bonds is 7. The molecule has 28 heavy (non-hydrogen) atoms. The van der Waals surface area contributed by atoms with Gasteiger partial charge in [0.25, 0.3) is 17.5 Å². The van der Waals surface area contributed by atoms with E-state index in [9.17, 15) is 24.5 Å². The fraction of sp³-hybridized carbons (Fsp3) is 0.211. The SMILES string of the molecule is CSc1ccc(COC(=O)CCN2C(=O)c3cccc([N+](=O)[O-])c3C2=O)cc1. The quantitative estimate of drug-likeness (QED) is 0.231. The summed E-state index contributed by atoms with van der Waals surface area (Å²) in [7, 11) is 0. The van der Waals surface area contributed by atoms with Crippen molar-refractivity contribution in [2.75, 3.05) is 12.8 Å². The van der Waals surface area contributed by atoms with E-state index < -0.39 is 28.4 Å². The number of carbonyl (C=O) groups excluding carboxylic acids is 3. The van der Waals surface area contributed by atoms with E-state index in [2.05, 4.69) is 0 Å². The second-order valence-corrected chi connectivity index (χ2v) is 6.86. The highest BCUT2D eigenvalue weighted by Gasteiger charge is 2.40. The van der Waals surface area contributed by atoms with Crippen LogP contribution in [-0.2, 0) is 16.1 Å². The lowest BCUT2D eigenvalue weighted by Crippen LogP contribution is -2.32. The average Bonchev–Trinajstić information content (AvgIpc) is 2.95. The number of thioether (sulfide) groups is 1. The predicted molar refractivity (Wildman–Crippen MR) is 101 cm³/mol. The van der Waals surface area contributed by atoms with Crippen LogP contribution in [0, 0.1) is 10.1 Å². The van der Waals surface area contributed by atoms with Crippen molar-refractivity contribution in [1.82, 2.24) is 4.90 Å². The van der Waals surface area contributed by atoms with Gasteiger partial charge in [-0.25, -0.2) is 0 Å². The summed E-state index contributed by atoms with van der Waals surface area (Å²) in [6.45, 7) is -0.116. The molecule has 0 aliphatic carbocycles. The maximum Gasteiger partial charge on any atom is 0.307 e. The molecule has 2 amide bonds. The molecule has 1 aliphatic rings. The van der Waals surface area contributed by atoms with Crippen LogP contribution in [0.25, 0.3) is 0 Å². The Bertz CT molecular complexity index is 957. The molecule has 0 atom stereocenters. The van der Waals surface area contributed by atoms with Gasteiger partial charge in [0.05, 0.1) is 16.9 Å². The molecular formula is C19H16N2O6S. The number of carbonyl (C=O) groups is 3. The molecule has 1 heterocycles. The van der Waals surface area contributed by atoms with E-state index in [4.69, 9.17) is 4.74 Å². The Balaban J connectivity index is 1.59. The van der Waals surface area contributed by atoms with Gasteiger partial charge in [-0.15, -0.1) is 11.8 Å². The normalized spacial score (nSPS) is 12.8.